The summed E-state index contributed by atoms with van der Waals surface area (Å²) >= 11 is 6.62. The third-order valence-corrected chi connectivity index (χ3v) is 4.72. The molecule has 0 radical (unpaired) electrons. The van der Waals surface area contributed by atoms with E-state index in [4.69, 9.17) is 21.7 Å². The zero-order valence-electron chi connectivity index (χ0n) is 12.8. The second kappa shape index (κ2) is 8.42. The first-order valence-corrected chi connectivity index (χ1v) is 8.36. The first kappa shape index (κ1) is 17.1. The van der Waals surface area contributed by atoms with Gasteiger partial charge in [0.05, 0.1) is 25.3 Å². The van der Waals surface area contributed by atoms with Crippen LogP contribution in [0.1, 0.15) is 15.2 Å². The fraction of sp³-hybridized carbons (Fsp3) is 0.571. The van der Waals surface area contributed by atoms with E-state index >= 15 is 0 Å². The molecule has 0 saturated carbocycles. The number of morpholine rings is 1. The van der Waals surface area contributed by atoms with E-state index in [1.54, 1.807) is 0 Å². The Bertz CT molecular complexity index is 527. The molecule has 0 spiro atoms. The van der Waals surface area contributed by atoms with Crippen molar-refractivity contribution in [3.8, 4) is 0 Å². The number of anilines is 1. The van der Waals surface area contributed by atoms with Crippen LogP contribution in [0.3, 0.4) is 0 Å². The van der Waals surface area contributed by atoms with Crippen LogP contribution >= 0.6 is 23.6 Å². The summed E-state index contributed by atoms with van der Waals surface area (Å²) in [7, 11) is 1.38. The van der Waals surface area contributed by atoms with Crippen LogP contribution in [0.4, 0.5) is 5.00 Å². The Morgan fingerprint density at radius 1 is 1.50 bits per heavy atom. The highest BCUT2D eigenvalue weighted by molar-refractivity contribution is 7.80. The van der Waals surface area contributed by atoms with Gasteiger partial charge in [0.25, 0.3) is 0 Å². The maximum atomic E-state index is 11.6. The lowest BCUT2D eigenvalue weighted by atomic mass is 10.3. The van der Waals surface area contributed by atoms with Crippen LogP contribution in [0.25, 0.3) is 0 Å². The number of carbonyl (C=O) groups excluding carboxylic acids is 1. The third kappa shape index (κ3) is 4.91. The van der Waals surface area contributed by atoms with Crippen molar-refractivity contribution in [2.45, 2.75) is 6.92 Å². The summed E-state index contributed by atoms with van der Waals surface area (Å²) < 4.78 is 10.1. The predicted octanol–water partition coefficient (Wildman–Crippen LogP) is 1.46. The summed E-state index contributed by atoms with van der Waals surface area (Å²) in [6, 6.07) is 1.90. The SMILES string of the molecule is COC(=O)c1sc(NC(=S)NCCN2CCOCC2)cc1C. The average Bonchev–Trinajstić information content (AvgIpc) is 2.88. The van der Waals surface area contributed by atoms with Gasteiger partial charge in [-0.05, 0) is 30.8 Å². The molecular formula is C14H21N3O3S2. The fourth-order valence-corrected chi connectivity index (χ4v) is 3.42. The van der Waals surface area contributed by atoms with Gasteiger partial charge in [-0.3, -0.25) is 4.90 Å². The second-order valence-electron chi connectivity index (χ2n) is 4.95. The van der Waals surface area contributed by atoms with Crippen LogP contribution in [-0.4, -0.2) is 62.5 Å². The van der Waals surface area contributed by atoms with E-state index < -0.39 is 0 Å². The number of nitrogens with zero attached hydrogens (tertiary/aromatic N) is 1. The van der Waals surface area contributed by atoms with E-state index in [-0.39, 0.29) is 5.97 Å². The van der Waals surface area contributed by atoms with Gasteiger partial charge in [-0.1, -0.05) is 0 Å². The molecule has 1 aromatic heterocycles. The summed E-state index contributed by atoms with van der Waals surface area (Å²) in [6.07, 6.45) is 0. The van der Waals surface area contributed by atoms with Crippen molar-refractivity contribution >= 4 is 39.6 Å². The van der Waals surface area contributed by atoms with E-state index in [0.717, 1.165) is 50.0 Å². The quantitative estimate of drug-likeness (QED) is 0.620. The summed E-state index contributed by atoms with van der Waals surface area (Å²) in [4.78, 5) is 14.5. The molecule has 0 bridgehead atoms. The zero-order valence-corrected chi connectivity index (χ0v) is 14.4. The first-order chi connectivity index (χ1) is 10.6. The Hall–Kier alpha value is -1.22. The smallest absolute Gasteiger partial charge is 0.348 e. The number of esters is 1. The molecule has 22 heavy (non-hydrogen) atoms. The average molecular weight is 343 g/mol. The van der Waals surface area contributed by atoms with Crippen molar-refractivity contribution in [1.29, 1.82) is 0 Å². The highest BCUT2D eigenvalue weighted by atomic mass is 32.1. The molecule has 1 aromatic rings. The minimum absolute atomic E-state index is 0.318. The number of methoxy groups -OCH3 is 1. The summed E-state index contributed by atoms with van der Waals surface area (Å²) in [5.41, 5.74) is 0.885. The van der Waals surface area contributed by atoms with Crippen LogP contribution < -0.4 is 10.6 Å². The number of nitrogens with one attached hydrogen (secondary N) is 2. The number of rotatable bonds is 5. The number of thiophene rings is 1. The number of ether oxygens (including phenoxy) is 2. The molecule has 1 saturated heterocycles. The van der Waals surface area contributed by atoms with Crippen LogP contribution in [0.2, 0.25) is 0 Å². The molecule has 1 fully saturated rings. The van der Waals surface area contributed by atoms with Gasteiger partial charge in [-0.2, -0.15) is 0 Å². The molecule has 6 nitrogen and oxygen atoms in total. The molecule has 2 heterocycles. The maximum Gasteiger partial charge on any atom is 0.348 e. The Labute approximate surface area is 139 Å². The zero-order chi connectivity index (χ0) is 15.9. The van der Waals surface area contributed by atoms with Gasteiger partial charge < -0.3 is 20.1 Å². The largest absolute Gasteiger partial charge is 0.465 e. The number of carbonyl (C=O) groups is 1. The van der Waals surface area contributed by atoms with E-state index in [1.165, 1.54) is 18.4 Å². The van der Waals surface area contributed by atoms with Crippen LogP contribution in [0, 0.1) is 6.92 Å². The van der Waals surface area contributed by atoms with Gasteiger partial charge in [0.15, 0.2) is 5.11 Å². The molecule has 0 aliphatic carbocycles. The lowest BCUT2D eigenvalue weighted by molar-refractivity contribution is 0.0389. The molecule has 0 aromatic carbocycles. The number of hydrogen-bond acceptors (Lipinski definition) is 6. The minimum atomic E-state index is -0.318. The number of thiocarbonyl (C=S) groups is 1. The molecule has 0 amide bonds. The third-order valence-electron chi connectivity index (χ3n) is 3.34. The fourth-order valence-electron chi connectivity index (χ4n) is 2.15. The lowest BCUT2D eigenvalue weighted by Gasteiger charge is -2.26. The number of hydrogen-bond donors (Lipinski definition) is 2. The Morgan fingerprint density at radius 2 is 2.23 bits per heavy atom. The van der Waals surface area contributed by atoms with Crippen molar-refractivity contribution in [2.24, 2.45) is 0 Å². The molecular weight excluding hydrogens is 322 g/mol. The van der Waals surface area contributed by atoms with Crippen LogP contribution in [0.5, 0.6) is 0 Å². The molecule has 2 N–H and O–H groups in total. The molecule has 1 aliphatic rings. The maximum absolute atomic E-state index is 11.6. The van der Waals surface area contributed by atoms with E-state index in [9.17, 15) is 4.79 Å². The van der Waals surface area contributed by atoms with Gasteiger partial charge in [0, 0.05) is 26.2 Å². The van der Waals surface area contributed by atoms with Crippen LogP contribution in [0.15, 0.2) is 6.07 Å². The van der Waals surface area contributed by atoms with Crippen molar-refractivity contribution in [1.82, 2.24) is 10.2 Å². The Kier molecular flexibility index (Phi) is 6.56. The highest BCUT2D eigenvalue weighted by Crippen LogP contribution is 2.27. The van der Waals surface area contributed by atoms with Gasteiger partial charge in [-0.15, -0.1) is 11.3 Å². The highest BCUT2D eigenvalue weighted by Gasteiger charge is 2.14. The Morgan fingerprint density at radius 3 is 2.91 bits per heavy atom. The summed E-state index contributed by atoms with van der Waals surface area (Å²) in [6.45, 7) is 7.12. The van der Waals surface area contributed by atoms with Gasteiger partial charge in [-0.25, -0.2) is 4.79 Å². The molecule has 122 valence electrons. The van der Waals surface area contributed by atoms with Gasteiger partial charge in [0.1, 0.15) is 4.88 Å². The van der Waals surface area contributed by atoms with Crippen LogP contribution in [-0.2, 0) is 9.47 Å². The Balaban J connectivity index is 1.75. The van der Waals surface area contributed by atoms with Crippen molar-refractivity contribution < 1.29 is 14.3 Å². The summed E-state index contributed by atoms with van der Waals surface area (Å²) in [5.74, 6) is -0.318. The minimum Gasteiger partial charge on any atom is -0.465 e. The monoisotopic (exact) mass is 343 g/mol. The van der Waals surface area contributed by atoms with E-state index in [0.29, 0.717) is 9.99 Å². The molecule has 0 atom stereocenters. The predicted molar refractivity (Wildman–Crippen MR) is 91.9 cm³/mol. The van der Waals surface area contributed by atoms with Crippen molar-refractivity contribution in [3.05, 3.63) is 16.5 Å². The summed E-state index contributed by atoms with van der Waals surface area (Å²) in [5, 5.41) is 7.68. The molecule has 0 unspecified atom stereocenters. The van der Waals surface area contributed by atoms with E-state index in [2.05, 4.69) is 15.5 Å². The van der Waals surface area contributed by atoms with Gasteiger partial charge in [0.2, 0.25) is 0 Å². The molecule has 1 aliphatic heterocycles. The topological polar surface area (TPSA) is 62.8 Å². The normalized spacial score (nSPS) is 15.4. The second-order valence-corrected chi connectivity index (χ2v) is 6.41. The van der Waals surface area contributed by atoms with Gasteiger partial charge >= 0.3 is 5.97 Å². The molecule has 8 heteroatoms. The van der Waals surface area contributed by atoms with E-state index in [1.807, 2.05) is 13.0 Å². The number of aryl methyl sites for hydroxylation is 1. The first-order valence-electron chi connectivity index (χ1n) is 7.14. The lowest BCUT2D eigenvalue weighted by Crippen LogP contribution is -2.42. The standard InChI is InChI=1S/C14H21N3O3S2/c1-10-9-11(22-12(10)13(18)19-2)16-14(21)15-3-4-17-5-7-20-8-6-17/h9H,3-8H2,1-2H3,(H2,15,16,21). The van der Waals surface area contributed by atoms with Crippen molar-refractivity contribution in [3.63, 3.8) is 0 Å². The van der Waals surface area contributed by atoms with Crippen molar-refractivity contribution in [2.75, 3.05) is 51.8 Å². The molecule has 2 rings (SSSR count).